The van der Waals surface area contributed by atoms with Crippen molar-refractivity contribution in [3.8, 4) is 0 Å². The molecule has 6 heteroatoms. The fraction of sp³-hybridized carbons (Fsp3) is 0.643. The summed E-state index contributed by atoms with van der Waals surface area (Å²) in [6.07, 6.45) is 5.43. The minimum Gasteiger partial charge on any atom is -0.355 e. The third-order valence-electron chi connectivity index (χ3n) is 3.66. The molecule has 1 fully saturated rings. The minimum absolute atomic E-state index is 0.677. The Hall–Kier alpha value is -1.85. The topological polar surface area (TPSA) is 69.7 Å². The van der Waals surface area contributed by atoms with Gasteiger partial charge in [-0.2, -0.15) is 9.97 Å². The summed E-state index contributed by atoms with van der Waals surface area (Å²) in [5.74, 6) is 2.48. The first kappa shape index (κ1) is 13.1. The molecule has 1 saturated carbocycles. The van der Waals surface area contributed by atoms with Crippen LogP contribution in [0.4, 0.5) is 11.8 Å². The molecule has 0 aromatic carbocycles. The van der Waals surface area contributed by atoms with Crippen LogP contribution >= 0.6 is 0 Å². The second-order valence-corrected chi connectivity index (χ2v) is 5.38. The summed E-state index contributed by atoms with van der Waals surface area (Å²) in [5.41, 5.74) is 1.68. The van der Waals surface area contributed by atoms with Crippen molar-refractivity contribution >= 4 is 22.9 Å². The Morgan fingerprint density at radius 2 is 2.20 bits per heavy atom. The van der Waals surface area contributed by atoms with Gasteiger partial charge in [0.05, 0.1) is 6.33 Å². The van der Waals surface area contributed by atoms with Crippen LogP contribution in [-0.4, -0.2) is 39.6 Å². The summed E-state index contributed by atoms with van der Waals surface area (Å²) >= 11 is 0. The smallest absolute Gasteiger partial charge is 0.226 e. The lowest BCUT2D eigenvalue weighted by atomic mass is 10.3. The Kier molecular flexibility index (Phi) is 3.71. The van der Waals surface area contributed by atoms with E-state index < -0.39 is 0 Å². The van der Waals surface area contributed by atoms with Crippen molar-refractivity contribution < 1.29 is 0 Å². The van der Waals surface area contributed by atoms with Crippen LogP contribution in [0.3, 0.4) is 0 Å². The van der Waals surface area contributed by atoms with E-state index in [4.69, 9.17) is 4.98 Å². The summed E-state index contributed by atoms with van der Waals surface area (Å²) in [6.45, 7) is 7.21. The molecule has 3 rings (SSSR count). The van der Waals surface area contributed by atoms with Crippen molar-refractivity contribution in [3.63, 3.8) is 0 Å². The minimum atomic E-state index is 0.677. The molecule has 2 N–H and O–H groups in total. The molecule has 0 spiro atoms. The molecule has 0 radical (unpaired) electrons. The number of fused-ring (bicyclic) bond motifs is 1. The van der Waals surface area contributed by atoms with E-state index in [1.165, 1.54) is 12.8 Å². The first-order valence-electron chi connectivity index (χ1n) is 7.51. The van der Waals surface area contributed by atoms with E-state index in [1.807, 2.05) is 0 Å². The van der Waals surface area contributed by atoms with Crippen molar-refractivity contribution in [2.45, 2.75) is 33.1 Å². The number of hydrogen-bond acceptors (Lipinski definition) is 5. The van der Waals surface area contributed by atoms with Crippen molar-refractivity contribution in [1.29, 1.82) is 0 Å². The van der Waals surface area contributed by atoms with Gasteiger partial charge < -0.3 is 15.2 Å². The highest BCUT2D eigenvalue weighted by atomic mass is 15.2. The van der Waals surface area contributed by atoms with Gasteiger partial charge in [0.25, 0.3) is 0 Å². The zero-order chi connectivity index (χ0) is 13.9. The largest absolute Gasteiger partial charge is 0.355 e. The van der Waals surface area contributed by atoms with Crippen LogP contribution < -0.4 is 10.2 Å². The first-order valence-corrected chi connectivity index (χ1v) is 7.51. The first-order chi connectivity index (χ1) is 9.81. The molecular formula is C14H22N6. The van der Waals surface area contributed by atoms with E-state index >= 15 is 0 Å². The van der Waals surface area contributed by atoms with E-state index in [0.717, 1.165) is 49.0 Å². The fourth-order valence-corrected chi connectivity index (χ4v) is 2.34. The van der Waals surface area contributed by atoms with Gasteiger partial charge in [-0.3, -0.25) is 0 Å². The molecule has 2 aromatic rings. The van der Waals surface area contributed by atoms with Crippen LogP contribution in [0.1, 0.15) is 33.1 Å². The molecule has 2 aromatic heterocycles. The summed E-state index contributed by atoms with van der Waals surface area (Å²) in [7, 11) is 0. The monoisotopic (exact) mass is 274 g/mol. The summed E-state index contributed by atoms with van der Waals surface area (Å²) < 4.78 is 0. The molecule has 6 nitrogen and oxygen atoms in total. The van der Waals surface area contributed by atoms with Gasteiger partial charge in [-0.05, 0) is 32.1 Å². The predicted molar refractivity (Wildman–Crippen MR) is 81.1 cm³/mol. The van der Waals surface area contributed by atoms with Gasteiger partial charge in [0.1, 0.15) is 5.52 Å². The fourth-order valence-electron chi connectivity index (χ4n) is 2.34. The molecule has 1 aliphatic rings. The molecule has 1 aliphatic carbocycles. The van der Waals surface area contributed by atoms with E-state index in [-0.39, 0.29) is 0 Å². The number of nitrogens with zero attached hydrogens (tertiary/aromatic N) is 4. The highest BCUT2D eigenvalue weighted by molar-refractivity contribution is 5.84. The van der Waals surface area contributed by atoms with Gasteiger partial charge in [-0.25, -0.2) is 4.98 Å². The molecule has 108 valence electrons. The van der Waals surface area contributed by atoms with Gasteiger partial charge in [-0.1, -0.05) is 6.92 Å². The molecule has 0 saturated heterocycles. The maximum Gasteiger partial charge on any atom is 0.226 e. The average molecular weight is 274 g/mol. The summed E-state index contributed by atoms with van der Waals surface area (Å²) in [5, 5.41) is 3.26. The summed E-state index contributed by atoms with van der Waals surface area (Å²) in [6, 6.07) is 0. The second kappa shape index (κ2) is 5.64. The summed E-state index contributed by atoms with van der Waals surface area (Å²) in [4.78, 5) is 18.9. The van der Waals surface area contributed by atoms with Crippen LogP contribution in [0.2, 0.25) is 0 Å². The van der Waals surface area contributed by atoms with Crippen LogP contribution in [0.5, 0.6) is 0 Å². The van der Waals surface area contributed by atoms with Crippen LogP contribution in [0, 0.1) is 5.92 Å². The third-order valence-corrected chi connectivity index (χ3v) is 3.66. The number of imidazole rings is 1. The Balaban J connectivity index is 1.94. The van der Waals surface area contributed by atoms with E-state index in [2.05, 4.69) is 39.0 Å². The molecule has 20 heavy (non-hydrogen) atoms. The zero-order valence-corrected chi connectivity index (χ0v) is 12.2. The molecule has 0 amide bonds. The number of nitrogens with one attached hydrogen (secondary N) is 2. The van der Waals surface area contributed by atoms with Gasteiger partial charge in [0, 0.05) is 19.6 Å². The van der Waals surface area contributed by atoms with E-state index in [1.54, 1.807) is 6.33 Å². The number of rotatable bonds is 7. The quantitative estimate of drug-likeness (QED) is 0.811. The predicted octanol–water partition coefficient (Wildman–Crippen LogP) is 2.41. The third kappa shape index (κ3) is 2.69. The lowest BCUT2D eigenvalue weighted by Crippen LogP contribution is -2.27. The van der Waals surface area contributed by atoms with Crippen molar-refractivity contribution in [2.24, 2.45) is 5.92 Å². The Labute approximate surface area is 119 Å². The van der Waals surface area contributed by atoms with E-state index in [9.17, 15) is 0 Å². The zero-order valence-electron chi connectivity index (χ0n) is 12.2. The van der Waals surface area contributed by atoms with Crippen molar-refractivity contribution in [2.75, 3.05) is 29.9 Å². The van der Waals surface area contributed by atoms with Gasteiger partial charge >= 0.3 is 0 Å². The lowest BCUT2D eigenvalue weighted by Gasteiger charge is -2.22. The van der Waals surface area contributed by atoms with Crippen LogP contribution in [0.15, 0.2) is 6.33 Å². The lowest BCUT2D eigenvalue weighted by molar-refractivity contribution is 0.733. The highest BCUT2D eigenvalue weighted by Gasteiger charge is 2.26. The maximum absolute atomic E-state index is 4.70. The van der Waals surface area contributed by atoms with Crippen molar-refractivity contribution in [1.82, 2.24) is 19.9 Å². The van der Waals surface area contributed by atoms with Gasteiger partial charge in [0.15, 0.2) is 11.5 Å². The van der Waals surface area contributed by atoms with Gasteiger partial charge in [0.2, 0.25) is 5.95 Å². The standard InChI is InChI=1S/C14H22N6/c1-3-7-15-14-18-12-11(16-9-17-12)13(19-14)20(4-2)8-10-5-6-10/h9-10H,3-8H2,1-2H3,(H2,15,16,17,18,19). The molecule has 0 unspecified atom stereocenters. The SMILES string of the molecule is CCCNc1nc(N(CC)CC2CC2)c2[nH]cnc2n1. The highest BCUT2D eigenvalue weighted by Crippen LogP contribution is 2.32. The molecule has 0 aliphatic heterocycles. The molecule has 0 bridgehead atoms. The Morgan fingerprint density at radius 3 is 2.90 bits per heavy atom. The number of aromatic nitrogens is 4. The molecule has 0 atom stereocenters. The van der Waals surface area contributed by atoms with Crippen LogP contribution in [-0.2, 0) is 0 Å². The molecular weight excluding hydrogens is 252 g/mol. The van der Waals surface area contributed by atoms with Crippen molar-refractivity contribution in [3.05, 3.63) is 6.33 Å². The number of aromatic amines is 1. The number of anilines is 2. The van der Waals surface area contributed by atoms with Gasteiger partial charge in [-0.15, -0.1) is 0 Å². The van der Waals surface area contributed by atoms with E-state index in [0.29, 0.717) is 5.95 Å². The normalized spacial score (nSPS) is 14.7. The maximum atomic E-state index is 4.70. The second-order valence-electron chi connectivity index (χ2n) is 5.38. The Morgan fingerprint density at radius 1 is 1.35 bits per heavy atom. The molecule has 2 heterocycles. The van der Waals surface area contributed by atoms with Crippen LogP contribution in [0.25, 0.3) is 11.2 Å². The average Bonchev–Trinajstić information content (AvgIpc) is 3.16. The Bertz CT molecular complexity index is 574. The number of H-pyrrole nitrogens is 1. The number of hydrogen-bond donors (Lipinski definition) is 2.